The van der Waals surface area contributed by atoms with E-state index in [9.17, 15) is 0 Å². The lowest BCUT2D eigenvalue weighted by Crippen LogP contribution is -2.32. The molecule has 1 saturated carbocycles. The van der Waals surface area contributed by atoms with Crippen LogP contribution in [0.15, 0.2) is 18.5 Å². The minimum absolute atomic E-state index is 0.423. The first kappa shape index (κ1) is 13.2. The fourth-order valence-corrected chi connectivity index (χ4v) is 3.20. The lowest BCUT2D eigenvalue weighted by molar-refractivity contribution is 0.0340. The fraction of sp³-hybridized carbons (Fsp3) is 0.625. The molecule has 0 bridgehead atoms. The highest BCUT2D eigenvalue weighted by molar-refractivity contribution is 5.75. The van der Waals surface area contributed by atoms with Crippen molar-refractivity contribution >= 4 is 11.0 Å². The van der Waals surface area contributed by atoms with E-state index >= 15 is 0 Å². The number of rotatable bonds is 5. The summed E-state index contributed by atoms with van der Waals surface area (Å²) in [6.07, 6.45) is 9.85. The largest absolute Gasteiger partial charge is 0.378 e. The van der Waals surface area contributed by atoms with Crippen LogP contribution in [0.5, 0.6) is 0 Å². The molecule has 0 unspecified atom stereocenters. The van der Waals surface area contributed by atoms with Gasteiger partial charge in [-0.15, -0.1) is 0 Å². The Hall–Kier alpha value is -1.46. The highest BCUT2D eigenvalue weighted by atomic mass is 16.5. The molecule has 1 aliphatic carbocycles. The number of hydrogen-bond donors (Lipinski definition) is 1. The van der Waals surface area contributed by atoms with Crippen molar-refractivity contribution in [3.05, 3.63) is 24.3 Å². The maximum Gasteiger partial charge on any atom is 0.112 e. The van der Waals surface area contributed by atoms with Crippen LogP contribution >= 0.6 is 0 Å². The Kier molecular flexibility index (Phi) is 3.61. The molecule has 21 heavy (non-hydrogen) atoms. The van der Waals surface area contributed by atoms with E-state index in [-0.39, 0.29) is 0 Å². The lowest BCUT2D eigenvalue weighted by atomic mass is 10.1. The number of pyridine rings is 1. The Morgan fingerprint density at radius 3 is 2.90 bits per heavy atom. The fourth-order valence-electron chi connectivity index (χ4n) is 3.20. The molecule has 2 aliphatic rings. The first-order chi connectivity index (χ1) is 10.4. The third-order valence-corrected chi connectivity index (χ3v) is 4.44. The number of fused-ring (bicyclic) bond motifs is 1. The second kappa shape index (κ2) is 5.73. The number of ether oxygens (including phenoxy) is 1. The molecule has 0 radical (unpaired) electrons. The van der Waals surface area contributed by atoms with Crippen molar-refractivity contribution in [3.63, 3.8) is 0 Å². The van der Waals surface area contributed by atoms with Crippen molar-refractivity contribution in [2.75, 3.05) is 19.7 Å². The van der Waals surface area contributed by atoms with E-state index in [4.69, 9.17) is 9.72 Å². The molecule has 5 nitrogen and oxygen atoms in total. The molecule has 2 aromatic rings. The van der Waals surface area contributed by atoms with Crippen LogP contribution in [0.3, 0.4) is 0 Å². The van der Waals surface area contributed by atoms with Gasteiger partial charge in [-0.3, -0.25) is 4.98 Å². The average Bonchev–Trinajstić information content (AvgIpc) is 3.29. The van der Waals surface area contributed by atoms with Gasteiger partial charge in [-0.2, -0.15) is 0 Å². The van der Waals surface area contributed by atoms with E-state index in [0.29, 0.717) is 12.1 Å². The van der Waals surface area contributed by atoms with Crippen molar-refractivity contribution in [3.8, 4) is 0 Å². The topological polar surface area (TPSA) is 52.0 Å². The van der Waals surface area contributed by atoms with Gasteiger partial charge in [0, 0.05) is 18.7 Å². The molecule has 2 aromatic heterocycles. The van der Waals surface area contributed by atoms with Gasteiger partial charge in [-0.1, -0.05) is 0 Å². The predicted molar refractivity (Wildman–Crippen MR) is 81.3 cm³/mol. The average molecular weight is 286 g/mol. The second-order valence-electron chi connectivity index (χ2n) is 6.06. The van der Waals surface area contributed by atoms with Gasteiger partial charge in [0.2, 0.25) is 0 Å². The number of nitrogens with one attached hydrogen (secondary N) is 1. The Labute approximate surface area is 124 Å². The van der Waals surface area contributed by atoms with Gasteiger partial charge in [0.1, 0.15) is 11.3 Å². The molecule has 0 atom stereocenters. The zero-order chi connectivity index (χ0) is 14.1. The number of imidazole rings is 1. The number of hydrogen-bond acceptors (Lipinski definition) is 4. The van der Waals surface area contributed by atoms with Crippen LogP contribution in [-0.2, 0) is 11.2 Å². The summed E-state index contributed by atoms with van der Waals surface area (Å²) < 4.78 is 8.43. The third kappa shape index (κ3) is 2.80. The second-order valence-corrected chi connectivity index (χ2v) is 6.06. The van der Waals surface area contributed by atoms with Crippen molar-refractivity contribution < 1.29 is 4.74 Å². The number of piperidine rings is 1. The van der Waals surface area contributed by atoms with Crippen molar-refractivity contribution in [2.45, 2.75) is 44.2 Å². The van der Waals surface area contributed by atoms with Gasteiger partial charge in [0.15, 0.2) is 0 Å². The Balaban J connectivity index is 1.46. The van der Waals surface area contributed by atoms with Gasteiger partial charge < -0.3 is 14.6 Å². The summed E-state index contributed by atoms with van der Waals surface area (Å²) in [4.78, 5) is 8.95. The molecule has 1 N–H and O–H groups in total. The third-order valence-electron chi connectivity index (χ3n) is 4.44. The molecule has 5 heteroatoms. The maximum absolute atomic E-state index is 6.03. The Morgan fingerprint density at radius 2 is 2.10 bits per heavy atom. The van der Waals surface area contributed by atoms with Crippen molar-refractivity contribution in [1.82, 2.24) is 19.9 Å². The summed E-state index contributed by atoms with van der Waals surface area (Å²) in [7, 11) is 0. The van der Waals surface area contributed by atoms with E-state index in [1.54, 1.807) is 0 Å². The molecular formula is C16H22N4O. The molecule has 0 spiro atoms. The van der Waals surface area contributed by atoms with Crippen molar-refractivity contribution in [2.24, 2.45) is 0 Å². The Morgan fingerprint density at radius 1 is 1.24 bits per heavy atom. The highest BCUT2D eigenvalue weighted by Gasteiger charge is 2.28. The van der Waals surface area contributed by atoms with Gasteiger partial charge in [-0.25, -0.2) is 4.98 Å². The van der Waals surface area contributed by atoms with E-state index in [2.05, 4.69) is 20.9 Å². The van der Waals surface area contributed by atoms with E-state index in [1.165, 1.54) is 18.4 Å². The maximum atomic E-state index is 6.03. The molecule has 0 amide bonds. The normalized spacial score (nSPS) is 20.2. The first-order valence-corrected chi connectivity index (χ1v) is 8.05. The van der Waals surface area contributed by atoms with Crippen LogP contribution in [0.25, 0.3) is 11.0 Å². The van der Waals surface area contributed by atoms with E-state index < -0.39 is 0 Å². The molecule has 4 rings (SSSR count). The Bertz CT molecular complexity index is 614. The van der Waals surface area contributed by atoms with Gasteiger partial charge in [0.25, 0.3) is 0 Å². The standard InChI is InChI=1S/C16H22N4O/c1-2-12(1)20-15-5-9-18-11-14(15)19-16(20)6-10-21-13-3-7-17-8-4-13/h5,9,11-13,17H,1-4,6-8,10H2. The van der Waals surface area contributed by atoms with E-state index in [0.717, 1.165) is 50.3 Å². The summed E-state index contributed by atoms with van der Waals surface area (Å²) in [6, 6.07) is 2.73. The molecule has 3 heterocycles. The van der Waals surface area contributed by atoms with Gasteiger partial charge in [0.05, 0.1) is 24.4 Å². The number of aromatic nitrogens is 3. The summed E-state index contributed by atoms with van der Waals surface area (Å²) in [6.45, 7) is 2.93. The predicted octanol–water partition coefficient (Wildman–Crippen LogP) is 2.08. The van der Waals surface area contributed by atoms with Crippen LogP contribution in [0.2, 0.25) is 0 Å². The molecule has 112 valence electrons. The zero-order valence-corrected chi connectivity index (χ0v) is 12.3. The van der Waals surface area contributed by atoms with Crippen LogP contribution in [0.4, 0.5) is 0 Å². The zero-order valence-electron chi connectivity index (χ0n) is 12.3. The number of nitrogens with zero attached hydrogens (tertiary/aromatic N) is 3. The quantitative estimate of drug-likeness (QED) is 0.914. The molecule has 2 fully saturated rings. The summed E-state index contributed by atoms with van der Waals surface area (Å²) in [5, 5.41) is 3.37. The summed E-state index contributed by atoms with van der Waals surface area (Å²) in [5.41, 5.74) is 2.24. The summed E-state index contributed by atoms with van der Waals surface area (Å²) in [5.74, 6) is 1.16. The monoisotopic (exact) mass is 286 g/mol. The molecule has 1 aliphatic heterocycles. The lowest BCUT2D eigenvalue weighted by Gasteiger charge is -2.22. The van der Waals surface area contributed by atoms with Crippen LogP contribution in [0.1, 0.15) is 37.5 Å². The van der Waals surface area contributed by atoms with Gasteiger partial charge >= 0.3 is 0 Å². The van der Waals surface area contributed by atoms with Crippen LogP contribution in [-0.4, -0.2) is 40.3 Å². The van der Waals surface area contributed by atoms with E-state index in [1.807, 2.05) is 12.4 Å². The highest BCUT2D eigenvalue weighted by Crippen LogP contribution is 2.38. The minimum atomic E-state index is 0.423. The molecule has 0 aromatic carbocycles. The smallest absolute Gasteiger partial charge is 0.112 e. The minimum Gasteiger partial charge on any atom is -0.378 e. The molecule has 1 saturated heterocycles. The summed E-state index contributed by atoms with van der Waals surface area (Å²) >= 11 is 0. The molecular weight excluding hydrogens is 264 g/mol. The van der Waals surface area contributed by atoms with Crippen LogP contribution in [0, 0.1) is 0 Å². The SMILES string of the molecule is c1cc2c(cn1)nc(CCOC1CCNCC1)n2C1CC1. The first-order valence-electron chi connectivity index (χ1n) is 8.05. The van der Waals surface area contributed by atoms with Crippen molar-refractivity contribution in [1.29, 1.82) is 0 Å². The van der Waals surface area contributed by atoms with Crippen LogP contribution < -0.4 is 5.32 Å². The van der Waals surface area contributed by atoms with Gasteiger partial charge in [-0.05, 0) is 44.8 Å².